The Bertz CT molecular complexity index is 1210. The topological polar surface area (TPSA) is 66.5 Å². The zero-order valence-corrected chi connectivity index (χ0v) is 20.5. The molecule has 0 aliphatic heterocycles. The molecule has 0 saturated carbocycles. The summed E-state index contributed by atoms with van der Waals surface area (Å²) in [4.78, 5) is 13.7. The molecule has 3 aromatic carbocycles. The van der Waals surface area contributed by atoms with E-state index < -0.39 is 15.9 Å². The van der Waals surface area contributed by atoms with Crippen molar-refractivity contribution in [2.45, 2.75) is 24.5 Å². The fraction of sp³-hybridized carbons (Fsp3) is 0.208. The van der Waals surface area contributed by atoms with E-state index in [1.165, 1.54) is 0 Å². The zero-order valence-electron chi connectivity index (χ0n) is 18.1. The molecule has 168 valence electrons. The smallest absolute Gasteiger partial charge is 0.245 e. The van der Waals surface area contributed by atoms with E-state index in [0.29, 0.717) is 22.2 Å². The Morgan fingerprint density at radius 1 is 1.00 bits per heavy atom. The summed E-state index contributed by atoms with van der Waals surface area (Å²) in [5.74, 6) is 0.301. The van der Waals surface area contributed by atoms with Crippen molar-refractivity contribution in [3.05, 3.63) is 88.4 Å². The van der Waals surface area contributed by atoms with Crippen LogP contribution in [0.15, 0.2) is 71.6 Å². The number of hydrogen-bond acceptors (Lipinski definition) is 4. The van der Waals surface area contributed by atoms with E-state index in [9.17, 15) is 13.2 Å². The summed E-state index contributed by atoms with van der Waals surface area (Å²) in [6.07, 6.45) is 1.10. The Morgan fingerprint density at radius 2 is 1.69 bits per heavy atom. The van der Waals surface area contributed by atoms with Gasteiger partial charge < -0.3 is 5.32 Å². The van der Waals surface area contributed by atoms with Crippen LogP contribution in [-0.4, -0.2) is 27.1 Å². The molecule has 32 heavy (non-hydrogen) atoms. The molecule has 0 heterocycles. The Balaban J connectivity index is 1.74. The van der Waals surface area contributed by atoms with Crippen LogP contribution < -0.4 is 9.62 Å². The maximum atomic E-state index is 12.8. The molecule has 0 atom stereocenters. The van der Waals surface area contributed by atoms with Crippen LogP contribution >= 0.6 is 23.4 Å². The first-order valence-electron chi connectivity index (χ1n) is 9.94. The lowest BCUT2D eigenvalue weighted by Crippen LogP contribution is -2.37. The molecule has 3 rings (SSSR count). The number of nitrogens with zero attached hydrogens (tertiary/aromatic N) is 1. The number of sulfonamides is 1. The molecule has 0 aromatic heterocycles. The summed E-state index contributed by atoms with van der Waals surface area (Å²) in [6, 6.07) is 20.4. The Labute approximate surface area is 198 Å². The quantitative estimate of drug-likeness (QED) is 0.416. The molecule has 0 unspecified atom stereocenters. The van der Waals surface area contributed by atoms with Crippen molar-refractivity contribution < 1.29 is 13.2 Å². The van der Waals surface area contributed by atoms with Gasteiger partial charge in [0.1, 0.15) is 6.54 Å². The highest BCUT2D eigenvalue weighted by atomic mass is 35.5. The summed E-state index contributed by atoms with van der Waals surface area (Å²) < 4.78 is 25.9. The number of rotatable bonds is 8. The Hall–Kier alpha value is -2.48. The fourth-order valence-electron chi connectivity index (χ4n) is 3.04. The predicted octanol–water partition coefficient (Wildman–Crippen LogP) is 5.65. The van der Waals surface area contributed by atoms with Gasteiger partial charge in [0.25, 0.3) is 0 Å². The highest BCUT2D eigenvalue weighted by Gasteiger charge is 2.21. The molecule has 0 aliphatic carbocycles. The fourth-order valence-corrected chi connectivity index (χ4v) is 4.98. The third-order valence-electron chi connectivity index (χ3n) is 4.93. The molecular weight excluding hydrogens is 464 g/mol. The molecule has 0 bridgehead atoms. The highest BCUT2D eigenvalue weighted by molar-refractivity contribution is 7.98. The van der Waals surface area contributed by atoms with Crippen molar-refractivity contribution in [3.8, 4) is 0 Å². The Morgan fingerprint density at radius 3 is 2.34 bits per heavy atom. The van der Waals surface area contributed by atoms with Crippen molar-refractivity contribution in [2.24, 2.45) is 0 Å². The molecular formula is C24H25ClN2O3S2. The minimum absolute atomic E-state index is 0.308. The second kappa shape index (κ2) is 10.4. The summed E-state index contributed by atoms with van der Waals surface area (Å²) in [5.41, 5.74) is 4.23. The SMILES string of the molecule is Cc1ccc(N(CC(=O)Nc2ccccc2SCc2ccc(Cl)cc2)S(C)(=O)=O)cc1C. The van der Waals surface area contributed by atoms with Gasteiger partial charge in [-0.2, -0.15) is 0 Å². The molecule has 5 nitrogen and oxygen atoms in total. The monoisotopic (exact) mass is 488 g/mol. The minimum atomic E-state index is -3.64. The average molecular weight is 489 g/mol. The van der Waals surface area contributed by atoms with Gasteiger partial charge in [0.15, 0.2) is 0 Å². The first-order valence-corrected chi connectivity index (χ1v) is 13.2. The lowest BCUT2D eigenvalue weighted by molar-refractivity contribution is -0.114. The standard InChI is InChI=1S/C24H25ClN2O3S2/c1-17-8-13-21(14-18(17)2)27(32(3,29)30)15-24(28)26-22-6-4-5-7-23(22)31-16-19-9-11-20(25)12-10-19/h4-14H,15-16H2,1-3H3,(H,26,28). The summed E-state index contributed by atoms with van der Waals surface area (Å²) in [5, 5.41) is 3.55. The lowest BCUT2D eigenvalue weighted by Gasteiger charge is -2.23. The normalized spacial score (nSPS) is 11.2. The summed E-state index contributed by atoms with van der Waals surface area (Å²) in [6.45, 7) is 3.56. The second-order valence-corrected chi connectivity index (χ2v) is 10.9. The molecule has 0 spiro atoms. The number of amides is 1. The summed E-state index contributed by atoms with van der Waals surface area (Å²) >= 11 is 7.53. The van der Waals surface area contributed by atoms with Crippen LogP contribution in [-0.2, 0) is 20.6 Å². The largest absolute Gasteiger partial charge is 0.323 e. The average Bonchev–Trinajstić information content (AvgIpc) is 2.74. The first-order chi connectivity index (χ1) is 15.1. The number of anilines is 2. The van der Waals surface area contributed by atoms with Gasteiger partial charge >= 0.3 is 0 Å². The number of carbonyl (C=O) groups is 1. The maximum absolute atomic E-state index is 12.8. The van der Waals surface area contributed by atoms with Crippen LogP contribution in [0.5, 0.6) is 0 Å². The van der Waals surface area contributed by atoms with E-state index >= 15 is 0 Å². The van der Waals surface area contributed by atoms with E-state index in [2.05, 4.69) is 5.32 Å². The second-order valence-electron chi connectivity index (χ2n) is 7.50. The van der Waals surface area contributed by atoms with Crippen LogP contribution in [0.2, 0.25) is 5.02 Å². The predicted molar refractivity (Wildman–Crippen MR) is 134 cm³/mol. The van der Waals surface area contributed by atoms with Gasteiger partial charge in [0, 0.05) is 15.7 Å². The number of aryl methyl sites for hydroxylation is 2. The molecule has 0 saturated heterocycles. The van der Waals surface area contributed by atoms with Crippen molar-refractivity contribution in [2.75, 3.05) is 22.4 Å². The third-order valence-corrected chi connectivity index (χ3v) is 7.47. The van der Waals surface area contributed by atoms with Crippen LogP contribution in [0.25, 0.3) is 0 Å². The molecule has 3 aromatic rings. The number of benzene rings is 3. The van der Waals surface area contributed by atoms with E-state index in [1.807, 2.05) is 68.4 Å². The van der Waals surface area contributed by atoms with Crippen LogP contribution in [0, 0.1) is 13.8 Å². The highest BCUT2D eigenvalue weighted by Crippen LogP contribution is 2.30. The third kappa shape index (κ3) is 6.51. The van der Waals surface area contributed by atoms with E-state index in [1.54, 1.807) is 23.9 Å². The van der Waals surface area contributed by atoms with Gasteiger partial charge in [-0.25, -0.2) is 8.42 Å². The van der Waals surface area contributed by atoms with Gasteiger partial charge in [0.05, 0.1) is 17.6 Å². The van der Waals surface area contributed by atoms with Crippen LogP contribution in [0.1, 0.15) is 16.7 Å². The van der Waals surface area contributed by atoms with E-state index in [0.717, 1.165) is 32.1 Å². The van der Waals surface area contributed by atoms with Crippen molar-refractivity contribution in [1.82, 2.24) is 0 Å². The molecule has 1 amide bonds. The number of para-hydroxylation sites is 1. The molecule has 8 heteroatoms. The van der Waals surface area contributed by atoms with E-state index in [4.69, 9.17) is 11.6 Å². The van der Waals surface area contributed by atoms with Gasteiger partial charge in [0.2, 0.25) is 15.9 Å². The first kappa shape index (κ1) is 24.2. The lowest BCUT2D eigenvalue weighted by atomic mass is 10.1. The maximum Gasteiger partial charge on any atom is 0.245 e. The van der Waals surface area contributed by atoms with Crippen molar-refractivity contribution in [1.29, 1.82) is 0 Å². The zero-order chi connectivity index (χ0) is 23.3. The van der Waals surface area contributed by atoms with Gasteiger partial charge in [-0.05, 0) is 66.9 Å². The van der Waals surface area contributed by atoms with Gasteiger partial charge in [-0.3, -0.25) is 9.10 Å². The van der Waals surface area contributed by atoms with Crippen molar-refractivity contribution >= 4 is 50.7 Å². The van der Waals surface area contributed by atoms with E-state index in [-0.39, 0.29) is 6.54 Å². The van der Waals surface area contributed by atoms with Crippen LogP contribution in [0.3, 0.4) is 0 Å². The number of thioether (sulfide) groups is 1. The number of halogens is 1. The van der Waals surface area contributed by atoms with Gasteiger partial charge in [-0.1, -0.05) is 41.9 Å². The van der Waals surface area contributed by atoms with Gasteiger partial charge in [-0.15, -0.1) is 11.8 Å². The number of nitrogens with one attached hydrogen (secondary N) is 1. The number of hydrogen-bond donors (Lipinski definition) is 1. The molecule has 0 aliphatic rings. The molecule has 1 N–H and O–H groups in total. The minimum Gasteiger partial charge on any atom is -0.323 e. The summed E-state index contributed by atoms with van der Waals surface area (Å²) in [7, 11) is -3.64. The molecule has 0 radical (unpaired) electrons. The van der Waals surface area contributed by atoms with Crippen molar-refractivity contribution in [3.63, 3.8) is 0 Å². The molecule has 0 fully saturated rings. The van der Waals surface area contributed by atoms with Crippen LogP contribution in [0.4, 0.5) is 11.4 Å². The Kier molecular flexibility index (Phi) is 7.87. The number of carbonyl (C=O) groups excluding carboxylic acids is 1.